The Morgan fingerprint density at radius 2 is 0.559 bits per heavy atom. The molecule has 0 aliphatic heterocycles. The topological polar surface area (TPSA) is 52.2 Å². The second-order valence-electron chi connectivity index (χ2n) is 26.5. The molecule has 4 heterocycles. The predicted molar refractivity (Wildman–Crippen MR) is 391 cm³/mol. The van der Waals surface area contributed by atoms with Crippen LogP contribution in [0.2, 0.25) is 0 Å². The molecule has 0 aliphatic rings. The smallest absolute Gasteiger partial charge is 0.307 e. The Labute approximate surface area is 579 Å². The average molecular weight is 1360 g/mol. The first-order valence-electron chi connectivity index (χ1n) is 32.7. The molecule has 16 rings (SSSR count). The van der Waals surface area contributed by atoms with Crippen molar-refractivity contribution in [2.24, 2.45) is 0 Å². The fourth-order valence-corrected chi connectivity index (χ4v) is 15.0. The van der Waals surface area contributed by atoms with Crippen molar-refractivity contribution >= 4 is 98.6 Å². The Balaban J connectivity index is 0.000000165. The van der Waals surface area contributed by atoms with Gasteiger partial charge in [0.05, 0.1) is 102 Å². The highest BCUT2D eigenvalue weighted by atomic mass is 19.4. The third-order valence-corrected chi connectivity index (χ3v) is 19.4. The van der Waals surface area contributed by atoms with E-state index in [1.165, 1.54) is 30.3 Å². The molecule has 102 heavy (non-hydrogen) atoms. The van der Waals surface area contributed by atoms with Crippen LogP contribution < -0.4 is 0 Å². The number of hydrogen-bond donors (Lipinski definition) is 0. The van der Waals surface area contributed by atoms with Crippen LogP contribution in [0.1, 0.15) is 66.8 Å². The van der Waals surface area contributed by atoms with Gasteiger partial charge in [-0.05, 0) is 199 Å². The van der Waals surface area contributed by atoms with Crippen LogP contribution in [-0.2, 0) is 18.5 Å². The van der Waals surface area contributed by atoms with E-state index in [-0.39, 0.29) is 39.3 Å². The van der Waals surface area contributed by atoms with Crippen LogP contribution in [0.4, 0.5) is 50.9 Å². The number of aryl methyl sites for hydroxylation is 8. The van der Waals surface area contributed by atoms with Gasteiger partial charge in [0.1, 0.15) is 6.07 Å². The van der Waals surface area contributed by atoms with Crippen molar-refractivity contribution in [3.05, 3.63) is 296 Å². The zero-order valence-corrected chi connectivity index (χ0v) is 56.2. The van der Waals surface area contributed by atoms with Crippen molar-refractivity contribution < 1.29 is 39.5 Å². The van der Waals surface area contributed by atoms with Gasteiger partial charge in [0, 0.05) is 43.1 Å². The van der Waals surface area contributed by atoms with Gasteiger partial charge < -0.3 is 18.3 Å². The summed E-state index contributed by atoms with van der Waals surface area (Å²) in [5.74, 6) is 0. The molecule has 0 radical (unpaired) electrons. The Hall–Kier alpha value is -12.3. The molecule has 0 aliphatic carbocycles. The molecule has 500 valence electrons. The highest BCUT2D eigenvalue weighted by molar-refractivity contribution is 6.15. The predicted octanol–water partition coefficient (Wildman–Crippen LogP) is 25.6. The van der Waals surface area contributed by atoms with E-state index in [0.717, 1.165) is 134 Å². The van der Waals surface area contributed by atoms with Gasteiger partial charge in [-0.1, -0.05) is 129 Å². The number of fused-ring (bicyclic) bond motifs is 12. The zero-order chi connectivity index (χ0) is 71.9. The first-order chi connectivity index (χ1) is 48.6. The maximum atomic E-state index is 15.8. The molecule has 0 saturated carbocycles. The lowest BCUT2D eigenvalue weighted by molar-refractivity contribution is -0.138. The standard InChI is InChI=1S/C43H29F6N3.C43H29F3N4/c1-23-9-13-35-28(17-23)29-18-24(2)10-14-36(29)51(35)39-22-27(40-32(42(44,45)46)7-6-8-34(40)50-5)21-33(43(47,48)49)41(39)52-37-15-11-25(3)19-30(37)31-20-26(4)12-16-38(31)52;1-24-9-13-36-30(17-24)31-18-25(2)10-14-37(31)49(36)40-22-28(41-34(43(44,45)46)7-6-8-35(41)48-5)21-29(23-47)42(40)50-38-15-11-26(3)19-32(38)33-20-27(4)12-16-39(33)50/h6-22H,1-4H3;6-22H,1-4H3. The minimum Gasteiger partial charge on any atom is -0.307 e. The van der Waals surface area contributed by atoms with Crippen LogP contribution in [0.5, 0.6) is 0 Å². The lowest BCUT2D eigenvalue weighted by atomic mass is 9.93. The van der Waals surface area contributed by atoms with Crippen molar-refractivity contribution in [2.75, 3.05) is 0 Å². The van der Waals surface area contributed by atoms with Gasteiger partial charge in [-0.3, -0.25) is 0 Å². The maximum Gasteiger partial charge on any atom is 0.418 e. The minimum absolute atomic E-state index is 0.0189. The minimum atomic E-state index is -5.03. The van der Waals surface area contributed by atoms with Crippen molar-refractivity contribution in [3.63, 3.8) is 0 Å². The Kier molecular flexibility index (Phi) is 15.4. The molecular formula is C86H58F9N7. The van der Waals surface area contributed by atoms with Crippen LogP contribution in [0.3, 0.4) is 0 Å². The van der Waals surface area contributed by atoms with Gasteiger partial charge >= 0.3 is 18.5 Å². The van der Waals surface area contributed by atoms with E-state index in [0.29, 0.717) is 33.4 Å². The lowest BCUT2D eigenvalue weighted by Gasteiger charge is -2.24. The summed E-state index contributed by atoms with van der Waals surface area (Å²) < 4.78 is 143. The fraction of sp³-hybridized carbons (Fsp3) is 0.128. The Morgan fingerprint density at radius 3 is 0.824 bits per heavy atom. The van der Waals surface area contributed by atoms with Crippen LogP contribution in [0, 0.1) is 79.9 Å². The van der Waals surface area contributed by atoms with E-state index in [2.05, 4.69) is 49.2 Å². The van der Waals surface area contributed by atoms with Gasteiger partial charge in [-0.15, -0.1) is 0 Å². The average Bonchev–Trinajstić information content (AvgIpc) is 1.53. The molecule has 0 bridgehead atoms. The summed E-state index contributed by atoms with van der Waals surface area (Å²) in [4.78, 5) is 6.87. The molecule has 0 saturated heterocycles. The number of benzene rings is 12. The van der Waals surface area contributed by atoms with E-state index in [9.17, 15) is 31.6 Å². The Morgan fingerprint density at radius 1 is 0.304 bits per heavy atom. The van der Waals surface area contributed by atoms with Gasteiger partial charge in [0.2, 0.25) is 0 Å². The van der Waals surface area contributed by atoms with Gasteiger partial charge in [0.15, 0.2) is 11.4 Å². The second-order valence-corrected chi connectivity index (χ2v) is 26.5. The van der Waals surface area contributed by atoms with Crippen LogP contribution in [0.15, 0.2) is 206 Å². The van der Waals surface area contributed by atoms with Gasteiger partial charge in [-0.2, -0.15) is 44.8 Å². The molecule has 4 aromatic heterocycles. The van der Waals surface area contributed by atoms with Crippen molar-refractivity contribution in [3.8, 4) is 51.1 Å². The first kappa shape index (κ1) is 65.6. The summed E-state index contributed by atoms with van der Waals surface area (Å²) in [6.07, 6.45) is -14.7. The highest BCUT2D eigenvalue weighted by Crippen LogP contribution is 2.52. The summed E-state index contributed by atoms with van der Waals surface area (Å²) in [6, 6.07) is 61.5. The van der Waals surface area contributed by atoms with Crippen LogP contribution >= 0.6 is 0 Å². The monoisotopic (exact) mass is 1360 g/mol. The quantitative estimate of drug-likeness (QED) is 0.121. The van der Waals surface area contributed by atoms with Crippen molar-refractivity contribution in [1.29, 1.82) is 5.26 Å². The number of hydrogen-bond acceptors (Lipinski definition) is 1. The molecule has 0 unspecified atom stereocenters. The largest absolute Gasteiger partial charge is 0.418 e. The number of rotatable bonds is 6. The molecule has 0 atom stereocenters. The summed E-state index contributed by atoms with van der Waals surface area (Å²) in [5.41, 5.74) is 9.77. The molecular weight excluding hydrogens is 1300 g/mol. The van der Waals surface area contributed by atoms with E-state index >= 15 is 13.2 Å². The zero-order valence-electron chi connectivity index (χ0n) is 56.2. The maximum absolute atomic E-state index is 15.8. The highest BCUT2D eigenvalue weighted by Gasteiger charge is 2.41. The number of nitrogens with zero attached hydrogens (tertiary/aromatic N) is 7. The van der Waals surface area contributed by atoms with Crippen LogP contribution in [0.25, 0.3) is 142 Å². The van der Waals surface area contributed by atoms with E-state index in [4.69, 9.17) is 13.1 Å². The normalized spacial score (nSPS) is 12.1. The molecule has 0 fully saturated rings. The summed E-state index contributed by atoms with van der Waals surface area (Å²) in [5, 5.41) is 18.0. The SMILES string of the molecule is [C-]#[N+]c1cccc(C(F)(F)F)c1-c1cc(-n2c3ccc(C)cc3c3cc(C)ccc32)c(-n2c3ccc(C)cc3c3cc(C)ccc32)c(C(F)(F)F)c1.[C-]#[N+]c1cccc(C(F)(F)F)c1-c1cc(C#N)c(-n2c3ccc(C)cc3c3cc(C)ccc32)c(-n2c3ccc(C)cc3c3cc(C)ccc32)c1. The van der Waals surface area contributed by atoms with Gasteiger partial charge in [0.25, 0.3) is 0 Å². The number of nitriles is 1. The second kappa shape index (κ2) is 24.0. The van der Waals surface area contributed by atoms with E-state index in [1.54, 1.807) is 27.3 Å². The lowest BCUT2D eigenvalue weighted by Crippen LogP contribution is -2.15. The van der Waals surface area contributed by atoms with Crippen molar-refractivity contribution in [1.82, 2.24) is 18.3 Å². The molecule has 0 spiro atoms. The molecule has 7 nitrogen and oxygen atoms in total. The third kappa shape index (κ3) is 10.7. The van der Waals surface area contributed by atoms with Gasteiger partial charge in [-0.25, -0.2) is 9.69 Å². The number of halogens is 9. The Bertz CT molecular complexity index is 6180. The molecule has 0 amide bonds. The summed E-state index contributed by atoms with van der Waals surface area (Å²) in [7, 11) is 0. The summed E-state index contributed by atoms with van der Waals surface area (Å²) >= 11 is 0. The van der Waals surface area contributed by atoms with Crippen molar-refractivity contribution in [2.45, 2.75) is 73.9 Å². The molecule has 12 aromatic carbocycles. The third-order valence-electron chi connectivity index (χ3n) is 19.4. The van der Waals surface area contributed by atoms with Crippen LogP contribution in [-0.4, -0.2) is 18.3 Å². The molecule has 16 heteroatoms. The number of aromatic nitrogens is 4. The molecule has 16 aromatic rings. The first-order valence-corrected chi connectivity index (χ1v) is 32.7. The number of alkyl halides is 9. The summed E-state index contributed by atoms with van der Waals surface area (Å²) in [6.45, 7) is 31.4. The molecule has 0 N–H and O–H groups in total. The van der Waals surface area contributed by atoms with E-state index < -0.39 is 46.5 Å². The van der Waals surface area contributed by atoms with E-state index in [1.807, 2.05) is 165 Å². The fourth-order valence-electron chi connectivity index (χ4n) is 15.0.